The molecule has 0 bridgehead atoms. The van der Waals surface area contributed by atoms with E-state index in [1.807, 2.05) is 4.90 Å². The summed E-state index contributed by atoms with van der Waals surface area (Å²) < 4.78 is 19.7. The van der Waals surface area contributed by atoms with Crippen molar-refractivity contribution >= 4 is 11.6 Å². The molecule has 2 N–H and O–H groups in total. The number of hydrogen-bond donors (Lipinski definition) is 2. The number of halogens is 1. The molecule has 130 valence electrons. The van der Waals surface area contributed by atoms with Gasteiger partial charge in [-0.15, -0.1) is 0 Å². The first kappa shape index (κ1) is 15.8. The molecule has 2 saturated heterocycles. The third kappa shape index (κ3) is 3.26. The average Bonchev–Trinajstić information content (AvgIpc) is 3.35. The number of carbonyl (C=O) groups excluding carboxylic acids is 1. The van der Waals surface area contributed by atoms with Crippen LogP contribution in [0, 0.1) is 17.7 Å². The van der Waals surface area contributed by atoms with E-state index in [0.29, 0.717) is 43.5 Å². The number of nitrogens with zero attached hydrogens (tertiary/aromatic N) is 1. The van der Waals surface area contributed by atoms with Crippen molar-refractivity contribution in [2.75, 3.05) is 44.3 Å². The van der Waals surface area contributed by atoms with E-state index in [9.17, 15) is 9.18 Å². The molecule has 3 fully saturated rings. The molecular formula is C18H24FN3O2. The van der Waals surface area contributed by atoms with Gasteiger partial charge in [-0.3, -0.25) is 4.79 Å². The first-order valence-electron chi connectivity index (χ1n) is 8.86. The second-order valence-corrected chi connectivity index (χ2v) is 7.01. The van der Waals surface area contributed by atoms with Crippen LogP contribution in [0.1, 0.15) is 23.2 Å². The monoisotopic (exact) mass is 333 g/mol. The molecule has 2 unspecified atom stereocenters. The lowest BCUT2D eigenvalue weighted by Crippen LogP contribution is -2.41. The van der Waals surface area contributed by atoms with Crippen molar-refractivity contribution in [1.82, 2.24) is 10.6 Å². The van der Waals surface area contributed by atoms with E-state index in [1.54, 1.807) is 12.1 Å². The summed E-state index contributed by atoms with van der Waals surface area (Å²) >= 11 is 0. The maximum absolute atomic E-state index is 14.4. The Morgan fingerprint density at radius 2 is 2.04 bits per heavy atom. The number of carbonyl (C=O) groups is 1. The highest BCUT2D eigenvalue weighted by Crippen LogP contribution is 2.39. The maximum Gasteiger partial charge on any atom is 0.251 e. The van der Waals surface area contributed by atoms with E-state index in [-0.39, 0.29) is 17.8 Å². The molecule has 2 heterocycles. The second-order valence-electron chi connectivity index (χ2n) is 7.01. The van der Waals surface area contributed by atoms with Crippen LogP contribution in [0.2, 0.25) is 0 Å². The minimum Gasteiger partial charge on any atom is -0.378 e. The molecule has 1 amide bonds. The third-order valence-electron chi connectivity index (χ3n) is 5.37. The van der Waals surface area contributed by atoms with Gasteiger partial charge >= 0.3 is 0 Å². The zero-order chi connectivity index (χ0) is 16.5. The minimum absolute atomic E-state index is 0.159. The van der Waals surface area contributed by atoms with Crippen LogP contribution in [-0.4, -0.2) is 51.3 Å². The van der Waals surface area contributed by atoms with Gasteiger partial charge in [-0.1, -0.05) is 0 Å². The fraction of sp³-hybridized carbons (Fsp3) is 0.611. The molecule has 1 aliphatic carbocycles. The van der Waals surface area contributed by atoms with Gasteiger partial charge < -0.3 is 20.3 Å². The van der Waals surface area contributed by atoms with Crippen LogP contribution < -0.4 is 15.5 Å². The van der Waals surface area contributed by atoms with Gasteiger partial charge in [0.25, 0.3) is 5.91 Å². The van der Waals surface area contributed by atoms with E-state index in [0.717, 1.165) is 19.0 Å². The van der Waals surface area contributed by atoms with Gasteiger partial charge in [-0.05, 0) is 42.9 Å². The summed E-state index contributed by atoms with van der Waals surface area (Å²) in [6.45, 7) is 4.36. The molecule has 5 nitrogen and oxygen atoms in total. The number of anilines is 1. The van der Waals surface area contributed by atoms with Crippen LogP contribution >= 0.6 is 0 Å². The SMILES string of the molecule is O=C(NC1CNCC1C1CC1)c1ccc(N2CCOCC2)c(F)c1. The summed E-state index contributed by atoms with van der Waals surface area (Å²) in [4.78, 5) is 14.5. The van der Waals surface area contributed by atoms with E-state index in [4.69, 9.17) is 4.74 Å². The zero-order valence-corrected chi connectivity index (χ0v) is 13.8. The number of morpholine rings is 1. The number of nitrogens with one attached hydrogen (secondary N) is 2. The molecule has 1 aromatic rings. The van der Waals surface area contributed by atoms with Crippen molar-refractivity contribution < 1.29 is 13.9 Å². The Balaban J connectivity index is 1.43. The van der Waals surface area contributed by atoms with Crippen LogP contribution in [-0.2, 0) is 4.74 Å². The topological polar surface area (TPSA) is 53.6 Å². The Labute approximate surface area is 141 Å². The Hall–Kier alpha value is -1.66. The number of hydrogen-bond acceptors (Lipinski definition) is 4. The fourth-order valence-electron chi connectivity index (χ4n) is 3.84. The molecule has 2 atom stereocenters. The van der Waals surface area contributed by atoms with Crippen molar-refractivity contribution in [2.45, 2.75) is 18.9 Å². The molecule has 3 aliphatic rings. The quantitative estimate of drug-likeness (QED) is 0.874. The zero-order valence-electron chi connectivity index (χ0n) is 13.8. The van der Waals surface area contributed by atoms with Crippen molar-refractivity contribution in [1.29, 1.82) is 0 Å². The van der Waals surface area contributed by atoms with Crippen molar-refractivity contribution in [3.63, 3.8) is 0 Å². The Kier molecular flexibility index (Phi) is 4.41. The highest BCUT2D eigenvalue weighted by atomic mass is 19.1. The predicted molar refractivity (Wildman–Crippen MR) is 89.8 cm³/mol. The van der Waals surface area contributed by atoms with Crippen molar-refractivity contribution in [3.05, 3.63) is 29.6 Å². The summed E-state index contributed by atoms with van der Waals surface area (Å²) in [6, 6.07) is 4.94. The molecule has 2 aliphatic heterocycles. The summed E-state index contributed by atoms with van der Waals surface area (Å²) in [7, 11) is 0. The molecule has 0 spiro atoms. The molecule has 0 radical (unpaired) electrons. The van der Waals surface area contributed by atoms with E-state index in [1.165, 1.54) is 18.9 Å². The average molecular weight is 333 g/mol. The number of ether oxygens (including phenoxy) is 1. The van der Waals surface area contributed by atoms with Gasteiger partial charge in [0.1, 0.15) is 5.82 Å². The van der Waals surface area contributed by atoms with E-state index < -0.39 is 0 Å². The highest BCUT2D eigenvalue weighted by Gasteiger charge is 2.39. The lowest BCUT2D eigenvalue weighted by atomic mass is 9.98. The van der Waals surface area contributed by atoms with E-state index in [2.05, 4.69) is 10.6 Å². The van der Waals surface area contributed by atoms with Gasteiger partial charge in [-0.25, -0.2) is 4.39 Å². The Morgan fingerprint density at radius 3 is 2.75 bits per heavy atom. The maximum atomic E-state index is 14.4. The van der Waals surface area contributed by atoms with Gasteiger partial charge in [0.15, 0.2) is 0 Å². The molecule has 1 aromatic carbocycles. The van der Waals surface area contributed by atoms with Gasteiger partial charge in [0, 0.05) is 37.8 Å². The molecule has 6 heteroatoms. The number of rotatable bonds is 4. The predicted octanol–water partition coefficient (Wildman–Crippen LogP) is 1.39. The van der Waals surface area contributed by atoms with Crippen LogP contribution in [0.4, 0.5) is 10.1 Å². The Bertz CT molecular complexity index is 614. The normalized spacial score (nSPS) is 27.3. The fourth-order valence-corrected chi connectivity index (χ4v) is 3.84. The van der Waals surface area contributed by atoms with Crippen LogP contribution in [0.5, 0.6) is 0 Å². The van der Waals surface area contributed by atoms with E-state index >= 15 is 0 Å². The van der Waals surface area contributed by atoms with Crippen molar-refractivity contribution in [2.24, 2.45) is 11.8 Å². The van der Waals surface area contributed by atoms with Crippen LogP contribution in [0.3, 0.4) is 0 Å². The second kappa shape index (κ2) is 6.69. The molecule has 1 saturated carbocycles. The summed E-state index contributed by atoms with van der Waals surface area (Å²) in [5.41, 5.74) is 0.944. The third-order valence-corrected chi connectivity index (χ3v) is 5.37. The summed E-state index contributed by atoms with van der Waals surface area (Å²) in [5.74, 6) is 0.742. The molecule has 0 aromatic heterocycles. The molecule has 4 rings (SSSR count). The summed E-state index contributed by atoms with van der Waals surface area (Å²) in [6.07, 6.45) is 2.53. The first-order chi connectivity index (χ1) is 11.7. The summed E-state index contributed by atoms with van der Waals surface area (Å²) in [5, 5.41) is 6.45. The number of amides is 1. The molecule has 24 heavy (non-hydrogen) atoms. The lowest BCUT2D eigenvalue weighted by Gasteiger charge is -2.29. The van der Waals surface area contributed by atoms with Gasteiger partial charge in [0.2, 0.25) is 0 Å². The van der Waals surface area contributed by atoms with Gasteiger partial charge in [0.05, 0.1) is 18.9 Å². The molecular weight excluding hydrogens is 309 g/mol. The highest BCUT2D eigenvalue weighted by molar-refractivity contribution is 5.94. The minimum atomic E-state index is -0.340. The van der Waals surface area contributed by atoms with Crippen LogP contribution in [0.15, 0.2) is 18.2 Å². The van der Waals surface area contributed by atoms with Gasteiger partial charge in [-0.2, -0.15) is 0 Å². The number of benzene rings is 1. The van der Waals surface area contributed by atoms with Crippen molar-refractivity contribution in [3.8, 4) is 0 Å². The standard InChI is InChI=1S/C18H24FN3O2/c19-15-9-13(3-4-17(15)22-5-7-24-8-6-22)18(23)21-16-11-20-10-14(16)12-1-2-12/h3-4,9,12,14,16,20H,1-2,5-8,10-11H2,(H,21,23). The smallest absolute Gasteiger partial charge is 0.251 e. The Morgan fingerprint density at radius 1 is 1.25 bits per heavy atom. The van der Waals surface area contributed by atoms with Crippen LogP contribution in [0.25, 0.3) is 0 Å². The lowest BCUT2D eigenvalue weighted by molar-refractivity contribution is 0.0928. The first-order valence-corrected chi connectivity index (χ1v) is 8.86. The largest absolute Gasteiger partial charge is 0.378 e.